The quantitative estimate of drug-likeness (QED) is 0.630. The van der Waals surface area contributed by atoms with Crippen LogP contribution < -0.4 is 9.54 Å². The van der Waals surface area contributed by atoms with Crippen LogP contribution in [0.25, 0.3) is 11.3 Å². The van der Waals surface area contributed by atoms with Crippen molar-refractivity contribution in [1.29, 1.82) is 0 Å². The average molecular weight is 336 g/mol. The van der Waals surface area contributed by atoms with E-state index < -0.39 is 0 Å². The third kappa shape index (κ3) is 3.15. The molecule has 0 bridgehead atoms. The lowest BCUT2D eigenvalue weighted by molar-refractivity contribution is 0.340. The van der Waals surface area contributed by atoms with E-state index in [-0.39, 0.29) is 0 Å². The first-order chi connectivity index (χ1) is 11.8. The Kier molecular flexibility index (Phi) is 4.22. The van der Waals surface area contributed by atoms with Crippen LogP contribution in [0.3, 0.4) is 0 Å². The van der Waals surface area contributed by atoms with E-state index in [1.807, 2.05) is 31.2 Å². The molecule has 0 amide bonds. The highest BCUT2D eigenvalue weighted by atomic mass is 32.1. The van der Waals surface area contributed by atoms with Crippen molar-refractivity contribution in [3.63, 3.8) is 0 Å². The zero-order chi connectivity index (χ0) is 16.4. The van der Waals surface area contributed by atoms with Crippen LogP contribution in [0.5, 0.6) is 5.75 Å². The Balaban J connectivity index is 1.74. The summed E-state index contributed by atoms with van der Waals surface area (Å²) in [7, 11) is 0. The Bertz CT molecular complexity index is 874. The Morgan fingerprint density at radius 2 is 1.83 bits per heavy atom. The lowest BCUT2D eigenvalue weighted by atomic mass is 10.2. The second-order valence-corrected chi connectivity index (χ2v) is 6.75. The number of nitrogens with zero attached hydrogens (tertiary/aromatic N) is 2. The second-order valence-electron chi connectivity index (χ2n) is 5.91. The smallest absolute Gasteiger partial charge is 0.190 e. The van der Waals surface area contributed by atoms with Crippen LogP contribution >= 0.6 is 11.3 Å². The first-order valence-corrected chi connectivity index (χ1v) is 9.26. The Morgan fingerprint density at radius 3 is 2.50 bits per heavy atom. The standard InChI is InChI=1S/C20H20N2OS/c1-2-23-18-12-8-16(9-13-18)21-20-22(17-10-11-17)19(14-24-20)15-6-4-3-5-7-15/h3-9,12-14,17H,2,10-11H2,1H3. The molecule has 3 aromatic rings. The molecule has 0 spiro atoms. The lowest BCUT2D eigenvalue weighted by Crippen LogP contribution is -2.14. The highest BCUT2D eigenvalue weighted by Crippen LogP contribution is 2.38. The fraction of sp³-hybridized carbons (Fsp3) is 0.250. The minimum Gasteiger partial charge on any atom is -0.494 e. The third-order valence-corrected chi connectivity index (χ3v) is 4.94. The molecule has 1 aromatic heterocycles. The molecule has 1 heterocycles. The van der Waals surface area contributed by atoms with Gasteiger partial charge in [0, 0.05) is 11.4 Å². The van der Waals surface area contributed by atoms with Crippen molar-refractivity contribution in [3.05, 3.63) is 64.8 Å². The minimum absolute atomic E-state index is 0.591. The molecule has 24 heavy (non-hydrogen) atoms. The molecular weight excluding hydrogens is 316 g/mol. The number of aromatic nitrogens is 1. The van der Waals surface area contributed by atoms with Crippen molar-refractivity contribution in [2.75, 3.05) is 6.61 Å². The van der Waals surface area contributed by atoms with Gasteiger partial charge in [0.2, 0.25) is 0 Å². The fourth-order valence-corrected chi connectivity index (χ4v) is 3.79. The summed E-state index contributed by atoms with van der Waals surface area (Å²) in [5.74, 6) is 0.891. The van der Waals surface area contributed by atoms with Crippen LogP contribution in [0.1, 0.15) is 25.8 Å². The summed E-state index contributed by atoms with van der Waals surface area (Å²) in [6.45, 7) is 2.68. The first-order valence-electron chi connectivity index (χ1n) is 8.38. The van der Waals surface area contributed by atoms with Crippen LogP contribution in [0, 0.1) is 0 Å². The van der Waals surface area contributed by atoms with E-state index in [1.165, 1.54) is 24.1 Å². The van der Waals surface area contributed by atoms with Crippen LogP contribution in [-0.2, 0) is 0 Å². The van der Waals surface area contributed by atoms with E-state index >= 15 is 0 Å². The van der Waals surface area contributed by atoms with Crippen LogP contribution in [0.15, 0.2) is 65.0 Å². The number of hydrogen-bond acceptors (Lipinski definition) is 3. The van der Waals surface area contributed by atoms with E-state index in [4.69, 9.17) is 9.73 Å². The molecule has 1 aliphatic rings. The molecule has 122 valence electrons. The summed E-state index contributed by atoms with van der Waals surface area (Å²) < 4.78 is 7.90. The minimum atomic E-state index is 0.591. The molecule has 0 aliphatic heterocycles. The number of benzene rings is 2. The van der Waals surface area contributed by atoms with E-state index in [1.54, 1.807) is 11.3 Å². The fourth-order valence-electron chi connectivity index (χ4n) is 2.80. The first kappa shape index (κ1) is 15.2. The van der Waals surface area contributed by atoms with Gasteiger partial charge in [0.05, 0.1) is 18.0 Å². The monoisotopic (exact) mass is 336 g/mol. The third-order valence-electron chi connectivity index (χ3n) is 4.10. The van der Waals surface area contributed by atoms with Gasteiger partial charge in [-0.3, -0.25) is 0 Å². The molecule has 0 unspecified atom stereocenters. The molecule has 1 saturated carbocycles. The van der Waals surface area contributed by atoms with Gasteiger partial charge < -0.3 is 9.30 Å². The van der Waals surface area contributed by atoms with E-state index in [9.17, 15) is 0 Å². The highest BCUT2D eigenvalue weighted by Gasteiger charge is 2.27. The van der Waals surface area contributed by atoms with Crippen LogP contribution in [0.2, 0.25) is 0 Å². The summed E-state index contributed by atoms with van der Waals surface area (Å²) in [4.78, 5) is 5.95. The van der Waals surface area contributed by atoms with Gasteiger partial charge in [-0.25, -0.2) is 4.99 Å². The van der Waals surface area contributed by atoms with Crippen LogP contribution in [-0.4, -0.2) is 11.2 Å². The van der Waals surface area contributed by atoms with Crippen LogP contribution in [0.4, 0.5) is 5.69 Å². The van der Waals surface area contributed by atoms with Gasteiger partial charge >= 0.3 is 0 Å². The van der Waals surface area contributed by atoms with Crippen molar-refractivity contribution in [1.82, 2.24) is 4.57 Å². The predicted molar refractivity (Wildman–Crippen MR) is 98.9 cm³/mol. The molecule has 4 heteroatoms. The molecule has 0 N–H and O–H groups in total. The number of thiazole rings is 1. The maximum Gasteiger partial charge on any atom is 0.190 e. The van der Waals surface area contributed by atoms with Gasteiger partial charge in [-0.2, -0.15) is 0 Å². The van der Waals surface area contributed by atoms with Crippen molar-refractivity contribution in [3.8, 4) is 17.0 Å². The number of hydrogen-bond donors (Lipinski definition) is 0. The predicted octanol–water partition coefficient (Wildman–Crippen LogP) is 5.18. The van der Waals surface area contributed by atoms with Gasteiger partial charge in [0.1, 0.15) is 5.75 Å². The largest absolute Gasteiger partial charge is 0.494 e. The SMILES string of the molecule is CCOc1ccc(N=c2scc(-c3ccccc3)n2C2CC2)cc1. The van der Waals surface area contributed by atoms with Gasteiger partial charge in [-0.15, -0.1) is 11.3 Å². The zero-order valence-electron chi connectivity index (χ0n) is 13.7. The Labute approximate surface area is 145 Å². The molecule has 4 rings (SSSR count). The average Bonchev–Trinajstić information content (AvgIpc) is 3.38. The summed E-state index contributed by atoms with van der Waals surface area (Å²) in [6, 6.07) is 19.2. The summed E-state index contributed by atoms with van der Waals surface area (Å²) in [5.41, 5.74) is 3.50. The molecule has 1 fully saturated rings. The van der Waals surface area contributed by atoms with Gasteiger partial charge in [0.25, 0.3) is 0 Å². The molecular formula is C20H20N2OS. The molecule has 1 aliphatic carbocycles. The van der Waals surface area contributed by atoms with Crippen molar-refractivity contribution < 1.29 is 4.74 Å². The summed E-state index contributed by atoms with van der Waals surface area (Å²) >= 11 is 1.71. The molecule has 0 radical (unpaired) electrons. The van der Waals surface area contributed by atoms with Crippen molar-refractivity contribution in [2.45, 2.75) is 25.8 Å². The van der Waals surface area contributed by atoms with Gasteiger partial charge in [-0.05, 0) is 49.6 Å². The molecule has 0 atom stereocenters. The maximum absolute atomic E-state index is 5.50. The topological polar surface area (TPSA) is 26.5 Å². The lowest BCUT2D eigenvalue weighted by Gasteiger charge is -2.07. The summed E-state index contributed by atoms with van der Waals surface area (Å²) in [5, 5.41) is 2.22. The number of ether oxygens (including phenoxy) is 1. The normalized spacial score (nSPS) is 14.8. The van der Waals surface area contributed by atoms with E-state index in [0.717, 1.165) is 16.2 Å². The molecule has 3 nitrogen and oxygen atoms in total. The van der Waals surface area contributed by atoms with E-state index in [0.29, 0.717) is 12.6 Å². The Hall–Kier alpha value is -2.33. The van der Waals surface area contributed by atoms with E-state index in [2.05, 4.69) is 40.3 Å². The summed E-state index contributed by atoms with van der Waals surface area (Å²) in [6.07, 6.45) is 2.49. The highest BCUT2D eigenvalue weighted by molar-refractivity contribution is 7.07. The van der Waals surface area contributed by atoms with Crippen molar-refractivity contribution >= 4 is 17.0 Å². The second kappa shape index (κ2) is 6.65. The number of rotatable bonds is 5. The van der Waals surface area contributed by atoms with Gasteiger partial charge in [-0.1, -0.05) is 30.3 Å². The van der Waals surface area contributed by atoms with Gasteiger partial charge in [0.15, 0.2) is 4.80 Å². The van der Waals surface area contributed by atoms with Crippen molar-refractivity contribution in [2.24, 2.45) is 4.99 Å². The Morgan fingerprint density at radius 1 is 1.08 bits per heavy atom. The molecule has 2 aromatic carbocycles. The maximum atomic E-state index is 5.50. The molecule has 0 saturated heterocycles. The zero-order valence-corrected chi connectivity index (χ0v) is 14.5.